The molecule has 0 amide bonds. The Balaban J connectivity index is 0.00000364. The molecule has 0 aliphatic carbocycles. The summed E-state index contributed by atoms with van der Waals surface area (Å²) in [5.74, 6) is -0.888. The molecule has 0 fully saturated rings. The van der Waals surface area contributed by atoms with Crippen molar-refractivity contribution in [2.45, 2.75) is 19.6 Å². The lowest BCUT2D eigenvalue weighted by Crippen LogP contribution is -2.39. The number of hydrogen-bond donors (Lipinski definition) is 2. The highest BCUT2D eigenvalue weighted by atomic mass is 127. The van der Waals surface area contributed by atoms with E-state index in [0.717, 1.165) is 23.8 Å². The second kappa shape index (κ2) is 11.8. The van der Waals surface area contributed by atoms with Gasteiger partial charge in [-0.15, -0.1) is 24.0 Å². The van der Waals surface area contributed by atoms with Crippen LogP contribution in [-0.2, 0) is 11.3 Å². The second-order valence-electron chi connectivity index (χ2n) is 5.59. The minimum absolute atomic E-state index is 0. The highest BCUT2D eigenvalue weighted by molar-refractivity contribution is 14.0. The molecule has 1 atom stereocenters. The Morgan fingerprint density at radius 2 is 1.70 bits per heavy atom. The molecule has 0 aliphatic heterocycles. The van der Waals surface area contributed by atoms with Gasteiger partial charge in [-0.25, -0.2) is 18.2 Å². The molecule has 2 aromatic carbocycles. The first-order chi connectivity index (χ1) is 12.5. The van der Waals surface area contributed by atoms with Crippen molar-refractivity contribution in [1.82, 2.24) is 10.6 Å². The van der Waals surface area contributed by atoms with Crippen LogP contribution in [0.3, 0.4) is 0 Å². The molecule has 148 valence electrons. The van der Waals surface area contributed by atoms with E-state index in [0.29, 0.717) is 19.0 Å². The molecule has 1 unspecified atom stereocenters. The van der Waals surface area contributed by atoms with Gasteiger partial charge in [-0.05, 0) is 42.8 Å². The van der Waals surface area contributed by atoms with Crippen LogP contribution < -0.4 is 10.6 Å². The van der Waals surface area contributed by atoms with Gasteiger partial charge in [0.05, 0.1) is 12.6 Å². The topological polar surface area (TPSA) is 45.7 Å². The Kier molecular flexibility index (Phi) is 10.2. The summed E-state index contributed by atoms with van der Waals surface area (Å²) in [6.07, 6.45) is -0.314. The molecule has 0 spiro atoms. The predicted octanol–water partition coefficient (Wildman–Crippen LogP) is 4.16. The molecule has 27 heavy (non-hydrogen) atoms. The number of aliphatic imine (C=N–C) groups is 1. The second-order valence-corrected chi connectivity index (χ2v) is 5.59. The van der Waals surface area contributed by atoms with Gasteiger partial charge < -0.3 is 15.4 Å². The summed E-state index contributed by atoms with van der Waals surface area (Å²) < 4.78 is 45.4. The molecule has 2 aromatic rings. The number of guanidine groups is 1. The van der Waals surface area contributed by atoms with Crippen LogP contribution in [0.1, 0.15) is 24.2 Å². The van der Waals surface area contributed by atoms with E-state index in [-0.39, 0.29) is 48.0 Å². The fourth-order valence-corrected chi connectivity index (χ4v) is 2.37. The Bertz CT molecular complexity index is 741. The van der Waals surface area contributed by atoms with Gasteiger partial charge in [-0.2, -0.15) is 0 Å². The summed E-state index contributed by atoms with van der Waals surface area (Å²) in [4.78, 5) is 4.27. The molecular formula is C19H23F3IN3O. The van der Waals surface area contributed by atoms with Crippen molar-refractivity contribution < 1.29 is 17.9 Å². The minimum atomic E-state index is -0.509. The molecule has 0 saturated heterocycles. The zero-order chi connectivity index (χ0) is 18.9. The Hall–Kier alpha value is -1.81. The highest BCUT2D eigenvalue weighted by Gasteiger charge is 2.12. The third kappa shape index (κ3) is 7.37. The molecule has 2 rings (SSSR count). The van der Waals surface area contributed by atoms with Crippen molar-refractivity contribution in [3.8, 4) is 0 Å². The van der Waals surface area contributed by atoms with Gasteiger partial charge in [0, 0.05) is 25.8 Å². The Labute approximate surface area is 174 Å². The standard InChI is InChI=1S/C19H22F3N3O.HI/c1-3-23-19(24-11-14-10-16(21)8-9-17(14)22)25-12-18(26-2)13-4-6-15(20)7-5-13;/h4-10,18H,3,11-12H2,1-2H3,(H2,23,24,25);1H. The minimum Gasteiger partial charge on any atom is -0.375 e. The summed E-state index contributed by atoms with van der Waals surface area (Å²) in [5, 5.41) is 6.13. The smallest absolute Gasteiger partial charge is 0.191 e. The normalized spacial score (nSPS) is 12.3. The number of rotatable bonds is 7. The maximum absolute atomic E-state index is 13.7. The SMILES string of the molecule is CCNC(=NCc1cc(F)ccc1F)NCC(OC)c1ccc(F)cc1.I. The fourth-order valence-electron chi connectivity index (χ4n) is 2.37. The van der Waals surface area contributed by atoms with Crippen molar-refractivity contribution in [2.75, 3.05) is 20.2 Å². The Morgan fingerprint density at radius 3 is 2.33 bits per heavy atom. The average Bonchev–Trinajstić information content (AvgIpc) is 2.64. The van der Waals surface area contributed by atoms with Crippen LogP contribution in [0, 0.1) is 17.5 Å². The quantitative estimate of drug-likeness (QED) is 0.346. The van der Waals surface area contributed by atoms with E-state index in [1.54, 1.807) is 19.2 Å². The van der Waals surface area contributed by atoms with Gasteiger partial charge in [-0.1, -0.05) is 12.1 Å². The average molecular weight is 493 g/mol. The zero-order valence-corrected chi connectivity index (χ0v) is 17.5. The van der Waals surface area contributed by atoms with Crippen LogP contribution in [0.2, 0.25) is 0 Å². The van der Waals surface area contributed by atoms with Gasteiger partial charge >= 0.3 is 0 Å². The highest BCUT2D eigenvalue weighted by Crippen LogP contribution is 2.16. The maximum atomic E-state index is 13.7. The fraction of sp³-hybridized carbons (Fsp3) is 0.316. The Morgan fingerprint density at radius 1 is 1.04 bits per heavy atom. The number of benzene rings is 2. The van der Waals surface area contributed by atoms with Crippen molar-refractivity contribution in [3.05, 3.63) is 71.0 Å². The lowest BCUT2D eigenvalue weighted by molar-refractivity contribution is 0.106. The molecule has 0 bridgehead atoms. The van der Waals surface area contributed by atoms with Gasteiger partial charge in [-0.3, -0.25) is 0 Å². The third-order valence-electron chi connectivity index (χ3n) is 3.74. The van der Waals surface area contributed by atoms with Crippen molar-refractivity contribution >= 4 is 29.9 Å². The van der Waals surface area contributed by atoms with E-state index in [4.69, 9.17) is 4.74 Å². The zero-order valence-electron chi connectivity index (χ0n) is 15.1. The van der Waals surface area contributed by atoms with Gasteiger partial charge in [0.1, 0.15) is 17.5 Å². The van der Waals surface area contributed by atoms with E-state index in [9.17, 15) is 13.2 Å². The van der Waals surface area contributed by atoms with Crippen LogP contribution in [0.5, 0.6) is 0 Å². The van der Waals surface area contributed by atoms with Gasteiger partial charge in [0.2, 0.25) is 0 Å². The van der Waals surface area contributed by atoms with Crippen LogP contribution in [0.25, 0.3) is 0 Å². The number of nitrogens with zero attached hydrogens (tertiary/aromatic N) is 1. The number of halogens is 4. The lowest BCUT2D eigenvalue weighted by Gasteiger charge is -2.18. The van der Waals surface area contributed by atoms with Crippen molar-refractivity contribution in [2.24, 2.45) is 4.99 Å². The van der Waals surface area contributed by atoms with E-state index < -0.39 is 11.6 Å². The molecule has 2 N–H and O–H groups in total. The summed E-state index contributed by atoms with van der Waals surface area (Å²) in [5.41, 5.74) is 0.984. The summed E-state index contributed by atoms with van der Waals surface area (Å²) >= 11 is 0. The number of hydrogen-bond acceptors (Lipinski definition) is 2. The molecule has 8 heteroatoms. The maximum Gasteiger partial charge on any atom is 0.191 e. The van der Waals surface area contributed by atoms with E-state index in [1.165, 1.54) is 12.1 Å². The van der Waals surface area contributed by atoms with Gasteiger partial charge in [0.25, 0.3) is 0 Å². The van der Waals surface area contributed by atoms with Gasteiger partial charge in [0.15, 0.2) is 5.96 Å². The number of ether oxygens (including phenoxy) is 1. The van der Waals surface area contributed by atoms with Crippen molar-refractivity contribution in [1.29, 1.82) is 0 Å². The molecule has 0 saturated carbocycles. The van der Waals surface area contributed by atoms with Crippen LogP contribution >= 0.6 is 24.0 Å². The molecule has 0 heterocycles. The van der Waals surface area contributed by atoms with Crippen LogP contribution in [-0.4, -0.2) is 26.2 Å². The van der Waals surface area contributed by atoms with E-state index >= 15 is 0 Å². The predicted molar refractivity (Wildman–Crippen MR) is 111 cm³/mol. The van der Waals surface area contributed by atoms with Crippen molar-refractivity contribution in [3.63, 3.8) is 0 Å². The summed E-state index contributed by atoms with van der Waals surface area (Å²) in [6, 6.07) is 9.31. The lowest BCUT2D eigenvalue weighted by atomic mass is 10.1. The van der Waals surface area contributed by atoms with Crippen LogP contribution in [0.4, 0.5) is 13.2 Å². The summed E-state index contributed by atoms with van der Waals surface area (Å²) in [6.45, 7) is 2.87. The van der Waals surface area contributed by atoms with E-state index in [2.05, 4.69) is 15.6 Å². The molecule has 0 radical (unpaired) electrons. The molecule has 0 aliphatic rings. The molecule has 4 nitrogen and oxygen atoms in total. The first kappa shape index (κ1) is 23.2. The molecular weight excluding hydrogens is 470 g/mol. The van der Waals surface area contributed by atoms with E-state index in [1.807, 2.05) is 6.92 Å². The number of methoxy groups -OCH3 is 1. The first-order valence-corrected chi connectivity index (χ1v) is 8.27. The third-order valence-corrected chi connectivity index (χ3v) is 3.74. The van der Waals surface area contributed by atoms with Crippen LogP contribution in [0.15, 0.2) is 47.5 Å². The summed E-state index contributed by atoms with van der Waals surface area (Å²) in [7, 11) is 1.56. The number of nitrogens with one attached hydrogen (secondary N) is 2. The molecule has 0 aromatic heterocycles. The first-order valence-electron chi connectivity index (χ1n) is 8.27. The monoisotopic (exact) mass is 493 g/mol. The largest absolute Gasteiger partial charge is 0.375 e.